The van der Waals surface area contributed by atoms with Crippen molar-refractivity contribution >= 4 is 0 Å². The van der Waals surface area contributed by atoms with Crippen LogP contribution in [0.15, 0.2) is 0 Å². The van der Waals surface area contributed by atoms with Gasteiger partial charge in [0.05, 0.1) is 6.61 Å². The van der Waals surface area contributed by atoms with Crippen molar-refractivity contribution in [2.24, 2.45) is 11.3 Å². The van der Waals surface area contributed by atoms with Gasteiger partial charge in [-0.1, -0.05) is 33.1 Å². The minimum absolute atomic E-state index is 0.380. The van der Waals surface area contributed by atoms with E-state index < -0.39 is 0 Å². The van der Waals surface area contributed by atoms with E-state index in [9.17, 15) is 0 Å². The van der Waals surface area contributed by atoms with E-state index in [2.05, 4.69) is 19.2 Å². The quantitative estimate of drug-likeness (QED) is 0.721. The topological polar surface area (TPSA) is 21.3 Å². The monoisotopic (exact) mass is 227 g/mol. The van der Waals surface area contributed by atoms with Gasteiger partial charge in [-0.25, -0.2) is 0 Å². The van der Waals surface area contributed by atoms with E-state index in [0.717, 1.165) is 25.6 Å². The van der Waals surface area contributed by atoms with Crippen LogP contribution in [0.4, 0.5) is 0 Å². The number of methoxy groups -OCH3 is 1. The van der Waals surface area contributed by atoms with Crippen molar-refractivity contribution in [3.8, 4) is 0 Å². The molecule has 0 heterocycles. The van der Waals surface area contributed by atoms with E-state index in [1.165, 1.54) is 38.5 Å². The fourth-order valence-electron chi connectivity index (χ4n) is 3.21. The molecule has 0 saturated heterocycles. The predicted octanol–water partition coefficient (Wildman–Crippen LogP) is 3.22. The Hall–Kier alpha value is -0.0800. The highest BCUT2D eigenvalue weighted by molar-refractivity contribution is 4.89. The Morgan fingerprint density at radius 3 is 2.38 bits per heavy atom. The molecule has 0 spiro atoms. The van der Waals surface area contributed by atoms with Gasteiger partial charge in [-0.3, -0.25) is 0 Å². The van der Waals surface area contributed by atoms with E-state index in [-0.39, 0.29) is 0 Å². The van der Waals surface area contributed by atoms with Crippen LogP contribution in [0.5, 0.6) is 0 Å². The maximum atomic E-state index is 5.51. The summed E-state index contributed by atoms with van der Waals surface area (Å²) in [7, 11) is 1.85. The standard InChI is InChI=1S/C14H29NO/c1-4-14(12-16-3,11-15-5-2)13-9-7-6-8-10-13/h13,15H,4-12H2,1-3H3. The molecule has 1 saturated carbocycles. The predicted molar refractivity (Wildman–Crippen MR) is 69.7 cm³/mol. The largest absolute Gasteiger partial charge is 0.384 e. The maximum Gasteiger partial charge on any atom is 0.0533 e. The first kappa shape index (κ1) is 14.0. The Morgan fingerprint density at radius 1 is 1.19 bits per heavy atom. The summed E-state index contributed by atoms with van der Waals surface area (Å²) in [6, 6.07) is 0. The van der Waals surface area contributed by atoms with Gasteiger partial charge >= 0.3 is 0 Å². The van der Waals surface area contributed by atoms with Crippen LogP contribution >= 0.6 is 0 Å². The first-order valence-electron chi connectivity index (χ1n) is 6.98. The minimum atomic E-state index is 0.380. The van der Waals surface area contributed by atoms with Gasteiger partial charge in [-0.2, -0.15) is 0 Å². The second-order valence-corrected chi connectivity index (χ2v) is 5.26. The molecule has 1 atom stereocenters. The SMILES string of the molecule is CCNCC(CC)(COC)C1CCCCC1. The highest BCUT2D eigenvalue weighted by Crippen LogP contribution is 2.41. The van der Waals surface area contributed by atoms with Crippen LogP contribution < -0.4 is 5.32 Å². The van der Waals surface area contributed by atoms with Crippen LogP contribution in [0.2, 0.25) is 0 Å². The van der Waals surface area contributed by atoms with Crippen molar-refractivity contribution in [2.75, 3.05) is 26.8 Å². The van der Waals surface area contributed by atoms with Crippen molar-refractivity contribution in [3.05, 3.63) is 0 Å². The van der Waals surface area contributed by atoms with Crippen molar-refractivity contribution in [1.82, 2.24) is 5.32 Å². The Balaban J connectivity index is 2.64. The third-order valence-electron chi connectivity index (χ3n) is 4.33. The lowest BCUT2D eigenvalue weighted by atomic mass is 9.67. The molecule has 0 bridgehead atoms. The minimum Gasteiger partial charge on any atom is -0.384 e. The highest BCUT2D eigenvalue weighted by Gasteiger charge is 2.37. The summed E-state index contributed by atoms with van der Waals surface area (Å²) in [5.74, 6) is 0.866. The fraction of sp³-hybridized carbons (Fsp3) is 1.00. The third-order valence-corrected chi connectivity index (χ3v) is 4.33. The first-order valence-corrected chi connectivity index (χ1v) is 6.98. The zero-order chi connectivity index (χ0) is 11.9. The van der Waals surface area contributed by atoms with Gasteiger partial charge in [0.15, 0.2) is 0 Å². The van der Waals surface area contributed by atoms with Gasteiger partial charge in [0.2, 0.25) is 0 Å². The molecule has 0 aliphatic heterocycles. The lowest BCUT2D eigenvalue weighted by molar-refractivity contribution is 0.0124. The Bertz CT molecular complexity index is 178. The van der Waals surface area contributed by atoms with E-state index in [1.54, 1.807) is 0 Å². The first-order chi connectivity index (χ1) is 7.79. The average Bonchev–Trinajstić information content (AvgIpc) is 2.36. The van der Waals surface area contributed by atoms with Crippen LogP contribution in [0.3, 0.4) is 0 Å². The molecule has 1 aliphatic rings. The van der Waals surface area contributed by atoms with Gasteiger partial charge in [-0.05, 0) is 31.7 Å². The van der Waals surface area contributed by atoms with Gasteiger partial charge < -0.3 is 10.1 Å². The molecule has 0 aromatic rings. The fourth-order valence-corrected chi connectivity index (χ4v) is 3.21. The molecule has 1 unspecified atom stereocenters. The normalized spacial score (nSPS) is 21.9. The molecule has 0 radical (unpaired) electrons. The van der Waals surface area contributed by atoms with Crippen LogP contribution in [0.1, 0.15) is 52.4 Å². The van der Waals surface area contributed by atoms with E-state index >= 15 is 0 Å². The number of hydrogen-bond donors (Lipinski definition) is 1. The van der Waals surface area contributed by atoms with E-state index in [0.29, 0.717) is 5.41 Å². The molecule has 1 aliphatic carbocycles. The number of ether oxygens (including phenoxy) is 1. The average molecular weight is 227 g/mol. The summed E-state index contributed by atoms with van der Waals surface area (Å²) in [6.45, 7) is 7.62. The van der Waals surface area contributed by atoms with Crippen LogP contribution in [-0.2, 0) is 4.74 Å². The van der Waals surface area contributed by atoms with E-state index in [1.807, 2.05) is 7.11 Å². The Morgan fingerprint density at radius 2 is 1.88 bits per heavy atom. The summed E-state index contributed by atoms with van der Waals surface area (Å²) in [5, 5.41) is 3.54. The second-order valence-electron chi connectivity index (χ2n) is 5.26. The third kappa shape index (κ3) is 3.46. The molecule has 16 heavy (non-hydrogen) atoms. The van der Waals surface area contributed by atoms with Gasteiger partial charge in [0, 0.05) is 19.1 Å². The zero-order valence-corrected chi connectivity index (χ0v) is 11.3. The second kappa shape index (κ2) is 7.29. The summed E-state index contributed by atoms with van der Waals surface area (Å²) < 4.78 is 5.51. The number of rotatable bonds is 7. The number of nitrogens with one attached hydrogen (secondary N) is 1. The summed E-state index contributed by atoms with van der Waals surface area (Å²) in [4.78, 5) is 0. The van der Waals surface area contributed by atoms with Gasteiger partial charge in [0.1, 0.15) is 0 Å². The molecule has 1 rings (SSSR count). The summed E-state index contributed by atoms with van der Waals surface area (Å²) in [6.07, 6.45) is 8.32. The smallest absolute Gasteiger partial charge is 0.0533 e. The molecule has 0 amide bonds. The Kier molecular flexibility index (Phi) is 6.37. The van der Waals surface area contributed by atoms with Crippen molar-refractivity contribution in [3.63, 3.8) is 0 Å². The van der Waals surface area contributed by atoms with Crippen LogP contribution in [0, 0.1) is 11.3 Å². The molecule has 96 valence electrons. The lowest BCUT2D eigenvalue weighted by Gasteiger charge is -2.42. The molecule has 1 N–H and O–H groups in total. The molecular weight excluding hydrogens is 198 g/mol. The molecule has 0 aromatic carbocycles. The van der Waals surface area contributed by atoms with Crippen molar-refractivity contribution < 1.29 is 4.74 Å². The summed E-state index contributed by atoms with van der Waals surface area (Å²) >= 11 is 0. The van der Waals surface area contributed by atoms with Gasteiger partial charge in [-0.15, -0.1) is 0 Å². The highest BCUT2D eigenvalue weighted by atomic mass is 16.5. The van der Waals surface area contributed by atoms with E-state index in [4.69, 9.17) is 4.74 Å². The van der Waals surface area contributed by atoms with Crippen LogP contribution in [-0.4, -0.2) is 26.8 Å². The Labute approximate surface area is 101 Å². The van der Waals surface area contributed by atoms with Gasteiger partial charge in [0.25, 0.3) is 0 Å². The van der Waals surface area contributed by atoms with Crippen molar-refractivity contribution in [2.45, 2.75) is 52.4 Å². The van der Waals surface area contributed by atoms with Crippen molar-refractivity contribution in [1.29, 1.82) is 0 Å². The van der Waals surface area contributed by atoms with Crippen LogP contribution in [0.25, 0.3) is 0 Å². The molecule has 2 nitrogen and oxygen atoms in total. The molecular formula is C14H29NO. The summed E-state index contributed by atoms with van der Waals surface area (Å²) in [5.41, 5.74) is 0.380. The molecule has 2 heteroatoms. The molecule has 0 aromatic heterocycles. The number of hydrogen-bond acceptors (Lipinski definition) is 2. The maximum absolute atomic E-state index is 5.51. The molecule has 1 fully saturated rings. The lowest BCUT2D eigenvalue weighted by Crippen LogP contribution is -2.44. The zero-order valence-electron chi connectivity index (χ0n) is 11.3.